The van der Waals surface area contributed by atoms with Crippen LogP contribution in [0.2, 0.25) is 0 Å². The number of urea groups is 1. The fraction of sp³-hybridized carbons (Fsp3) is 0.533. The standard InChI is InChI=1S/C15H18BrFN2O3/c16-11-2-3-13(12(17)10-11)18-14(20)19-6-4-15(5-7-19)21-8-1-9-22-15/h2-3,10H,1,4-9H2,(H,18,20). The molecule has 2 aliphatic heterocycles. The van der Waals surface area contributed by atoms with Gasteiger partial charge >= 0.3 is 6.03 Å². The smallest absolute Gasteiger partial charge is 0.321 e. The summed E-state index contributed by atoms with van der Waals surface area (Å²) in [5.74, 6) is -0.993. The van der Waals surface area contributed by atoms with Gasteiger partial charge in [0.1, 0.15) is 5.82 Å². The molecule has 1 aromatic carbocycles. The van der Waals surface area contributed by atoms with Gasteiger partial charge in [-0.25, -0.2) is 9.18 Å². The first kappa shape index (κ1) is 15.7. The number of halogens is 2. The average Bonchev–Trinajstić information content (AvgIpc) is 2.51. The fourth-order valence-electron chi connectivity index (χ4n) is 2.74. The lowest BCUT2D eigenvalue weighted by atomic mass is 10.0. The third kappa shape index (κ3) is 3.42. The number of likely N-dealkylation sites (tertiary alicyclic amines) is 1. The quantitative estimate of drug-likeness (QED) is 0.822. The second kappa shape index (κ2) is 6.52. The van der Waals surface area contributed by atoms with E-state index in [1.165, 1.54) is 12.1 Å². The van der Waals surface area contributed by atoms with Gasteiger partial charge in [-0.2, -0.15) is 0 Å². The number of nitrogens with zero attached hydrogens (tertiary/aromatic N) is 1. The van der Waals surface area contributed by atoms with Crippen molar-refractivity contribution in [2.75, 3.05) is 31.6 Å². The van der Waals surface area contributed by atoms with Crippen molar-refractivity contribution in [1.29, 1.82) is 0 Å². The van der Waals surface area contributed by atoms with Gasteiger partial charge in [-0.3, -0.25) is 0 Å². The largest absolute Gasteiger partial charge is 0.350 e. The number of hydrogen-bond acceptors (Lipinski definition) is 3. The van der Waals surface area contributed by atoms with Crippen molar-refractivity contribution in [2.24, 2.45) is 0 Å². The molecule has 0 unspecified atom stereocenters. The molecule has 2 heterocycles. The van der Waals surface area contributed by atoms with Crippen LogP contribution in [0.25, 0.3) is 0 Å². The number of carbonyl (C=O) groups is 1. The summed E-state index contributed by atoms with van der Waals surface area (Å²) in [6.07, 6.45) is 2.20. The van der Waals surface area contributed by atoms with E-state index in [1.807, 2.05) is 0 Å². The normalized spacial score (nSPS) is 20.9. The summed E-state index contributed by atoms with van der Waals surface area (Å²) < 4.78 is 25.9. The van der Waals surface area contributed by atoms with E-state index in [4.69, 9.17) is 9.47 Å². The molecule has 2 fully saturated rings. The van der Waals surface area contributed by atoms with Gasteiger partial charge in [-0.1, -0.05) is 15.9 Å². The fourth-order valence-corrected chi connectivity index (χ4v) is 3.07. The molecular weight excluding hydrogens is 355 g/mol. The average molecular weight is 373 g/mol. The SMILES string of the molecule is O=C(Nc1ccc(Br)cc1F)N1CCC2(CC1)OCCCO2. The van der Waals surface area contributed by atoms with Crippen molar-refractivity contribution in [3.05, 3.63) is 28.5 Å². The van der Waals surface area contributed by atoms with Gasteiger partial charge in [-0.05, 0) is 24.6 Å². The van der Waals surface area contributed by atoms with Gasteiger partial charge in [0.15, 0.2) is 5.79 Å². The van der Waals surface area contributed by atoms with Gasteiger partial charge in [-0.15, -0.1) is 0 Å². The van der Waals surface area contributed by atoms with E-state index in [1.54, 1.807) is 11.0 Å². The van der Waals surface area contributed by atoms with Gasteiger partial charge < -0.3 is 19.7 Å². The number of carbonyl (C=O) groups excluding carboxylic acids is 1. The van der Waals surface area contributed by atoms with Crippen molar-refractivity contribution >= 4 is 27.6 Å². The molecule has 0 aromatic heterocycles. The second-order valence-corrected chi connectivity index (χ2v) is 6.42. The number of hydrogen-bond donors (Lipinski definition) is 1. The molecule has 0 bridgehead atoms. The Kier molecular flexibility index (Phi) is 4.65. The van der Waals surface area contributed by atoms with Crippen LogP contribution in [0.1, 0.15) is 19.3 Å². The van der Waals surface area contributed by atoms with E-state index < -0.39 is 11.6 Å². The minimum absolute atomic E-state index is 0.179. The lowest BCUT2D eigenvalue weighted by Crippen LogP contribution is -2.52. The molecular formula is C15H18BrFN2O3. The van der Waals surface area contributed by atoms with Crippen LogP contribution in [-0.4, -0.2) is 43.0 Å². The van der Waals surface area contributed by atoms with Crippen LogP contribution < -0.4 is 5.32 Å². The highest BCUT2D eigenvalue weighted by molar-refractivity contribution is 9.10. The maximum atomic E-state index is 13.8. The molecule has 2 aliphatic rings. The van der Waals surface area contributed by atoms with Gasteiger partial charge in [0.05, 0.1) is 18.9 Å². The molecule has 2 amide bonds. The molecule has 120 valence electrons. The molecule has 5 nitrogen and oxygen atoms in total. The Labute approximate surface area is 136 Å². The van der Waals surface area contributed by atoms with Gasteiger partial charge in [0, 0.05) is 30.4 Å². The minimum Gasteiger partial charge on any atom is -0.350 e. The number of ether oxygens (including phenoxy) is 2. The summed E-state index contributed by atoms with van der Waals surface area (Å²) in [6.45, 7) is 2.47. The summed E-state index contributed by atoms with van der Waals surface area (Å²) in [4.78, 5) is 13.9. The highest BCUT2D eigenvalue weighted by Gasteiger charge is 2.39. The Morgan fingerprint density at radius 1 is 1.27 bits per heavy atom. The van der Waals surface area contributed by atoms with Crippen LogP contribution in [0.15, 0.2) is 22.7 Å². The van der Waals surface area contributed by atoms with Crippen LogP contribution in [0.4, 0.5) is 14.9 Å². The molecule has 3 rings (SSSR count). The third-order valence-electron chi connectivity index (χ3n) is 4.00. The Balaban J connectivity index is 1.57. The van der Waals surface area contributed by atoms with Crippen molar-refractivity contribution < 1.29 is 18.7 Å². The molecule has 1 aromatic rings. The zero-order valence-electron chi connectivity index (χ0n) is 12.1. The summed E-state index contributed by atoms with van der Waals surface area (Å²) >= 11 is 3.19. The van der Waals surface area contributed by atoms with E-state index in [9.17, 15) is 9.18 Å². The summed E-state index contributed by atoms with van der Waals surface area (Å²) in [6, 6.07) is 4.25. The summed E-state index contributed by atoms with van der Waals surface area (Å²) in [5, 5.41) is 2.61. The van der Waals surface area contributed by atoms with E-state index >= 15 is 0 Å². The highest BCUT2D eigenvalue weighted by atomic mass is 79.9. The Morgan fingerprint density at radius 3 is 2.59 bits per heavy atom. The molecule has 22 heavy (non-hydrogen) atoms. The molecule has 0 saturated carbocycles. The minimum atomic E-state index is -0.530. The maximum Gasteiger partial charge on any atom is 0.321 e. The first-order valence-corrected chi connectivity index (χ1v) is 8.16. The van der Waals surface area contributed by atoms with Gasteiger partial charge in [0.25, 0.3) is 0 Å². The summed E-state index contributed by atoms with van der Waals surface area (Å²) in [5.41, 5.74) is 0.179. The monoisotopic (exact) mass is 372 g/mol. The maximum absolute atomic E-state index is 13.8. The predicted molar refractivity (Wildman–Crippen MR) is 83.2 cm³/mol. The molecule has 7 heteroatoms. The van der Waals surface area contributed by atoms with Crippen LogP contribution in [0.3, 0.4) is 0 Å². The second-order valence-electron chi connectivity index (χ2n) is 5.50. The van der Waals surface area contributed by atoms with Crippen molar-refractivity contribution in [3.63, 3.8) is 0 Å². The molecule has 1 N–H and O–H groups in total. The molecule has 0 aliphatic carbocycles. The first-order valence-electron chi connectivity index (χ1n) is 7.37. The number of piperidine rings is 1. The number of nitrogens with one attached hydrogen (secondary N) is 1. The van der Waals surface area contributed by atoms with E-state index in [-0.39, 0.29) is 11.7 Å². The van der Waals surface area contributed by atoms with Crippen LogP contribution >= 0.6 is 15.9 Å². The van der Waals surface area contributed by atoms with Crippen LogP contribution in [-0.2, 0) is 9.47 Å². The Hall–Kier alpha value is -1.18. The molecule has 0 radical (unpaired) electrons. The lowest BCUT2D eigenvalue weighted by Gasteiger charge is -2.43. The van der Waals surface area contributed by atoms with E-state index in [2.05, 4.69) is 21.2 Å². The third-order valence-corrected chi connectivity index (χ3v) is 4.50. The van der Waals surface area contributed by atoms with Crippen LogP contribution in [0.5, 0.6) is 0 Å². The molecule has 0 atom stereocenters. The Morgan fingerprint density at radius 2 is 1.95 bits per heavy atom. The lowest BCUT2D eigenvalue weighted by molar-refractivity contribution is -0.281. The van der Waals surface area contributed by atoms with Crippen LogP contribution in [0, 0.1) is 5.82 Å². The zero-order chi connectivity index (χ0) is 15.6. The van der Waals surface area contributed by atoms with E-state index in [0.717, 1.165) is 6.42 Å². The van der Waals surface area contributed by atoms with Crippen molar-refractivity contribution in [2.45, 2.75) is 25.0 Å². The van der Waals surface area contributed by atoms with E-state index in [0.29, 0.717) is 43.6 Å². The topological polar surface area (TPSA) is 50.8 Å². The number of anilines is 1. The number of amides is 2. The van der Waals surface area contributed by atoms with Crippen molar-refractivity contribution in [1.82, 2.24) is 4.90 Å². The predicted octanol–water partition coefficient (Wildman–Crippen LogP) is 3.35. The Bertz CT molecular complexity index is 554. The number of benzene rings is 1. The zero-order valence-corrected chi connectivity index (χ0v) is 13.7. The molecule has 1 spiro atoms. The summed E-state index contributed by atoms with van der Waals surface area (Å²) in [7, 11) is 0. The molecule has 2 saturated heterocycles. The first-order chi connectivity index (χ1) is 10.6. The number of rotatable bonds is 1. The highest BCUT2D eigenvalue weighted by Crippen LogP contribution is 2.31. The van der Waals surface area contributed by atoms with Crippen molar-refractivity contribution in [3.8, 4) is 0 Å². The van der Waals surface area contributed by atoms with Gasteiger partial charge in [0.2, 0.25) is 0 Å².